The Morgan fingerprint density at radius 2 is 1.78 bits per heavy atom. The number of carbonyl (C=O) groups excluding carboxylic acids is 1. The molecule has 100 valence electrons. The van der Waals surface area contributed by atoms with E-state index in [4.69, 9.17) is 5.73 Å². The van der Waals surface area contributed by atoms with Gasteiger partial charge in [0.05, 0.1) is 0 Å². The lowest BCUT2D eigenvalue weighted by atomic mass is 10.0. The van der Waals surface area contributed by atoms with Gasteiger partial charge in [0.25, 0.3) is 0 Å². The molecule has 0 aliphatic heterocycles. The number of aryl methyl sites for hydroxylation is 3. The summed E-state index contributed by atoms with van der Waals surface area (Å²) >= 11 is 0. The maximum absolute atomic E-state index is 12.3. The first kappa shape index (κ1) is 14.7. The lowest BCUT2D eigenvalue weighted by Gasteiger charge is -2.24. The van der Waals surface area contributed by atoms with E-state index in [0.717, 1.165) is 17.7 Å². The molecule has 0 heterocycles. The number of hydrogen-bond donors (Lipinski definition) is 1. The van der Waals surface area contributed by atoms with Crippen molar-refractivity contribution in [1.29, 1.82) is 0 Å². The molecule has 0 radical (unpaired) electrons. The number of rotatable bonds is 4. The summed E-state index contributed by atoms with van der Waals surface area (Å²) < 4.78 is 0. The fourth-order valence-electron chi connectivity index (χ4n) is 2.13. The van der Waals surface area contributed by atoms with Gasteiger partial charge in [0.2, 0.25) is 5.91 Å². The van der Waals surface area contributed by atoms with Crippen LogP contribution in [0.3, 0.4) is 0 Å². The van der Waals surface area contributed by atoms with Gasteiger partial charge < -0.3 is 10.6 Å². The summed E-state index contributed by atoms with van der Waals surface area (Å²) in [5, 5.41) is 0. The molecular weight excluding hydrogens is 224 g/mol. The summed E-state index contributed by atoms with van der Waals surface area (Å²) in [5.74, 6) is 0.104. The van der Waals surface area contributed by atoms with Gasteiger partial charge in [0.15, 0.2) is 0 Å². The van der Waals surface area contributed by atoms with Crippen LogP contribution in [0.1, 0.15) is 30.0 Å². The van der Waals surface area contributed by atoms with Crippen LogP contribution in [0.25, 0.3) is 0 Å². The van der Waals surface area contributed by atoms with Crippen molar-refractivity contribution < 1.29 is 4.79 Å². The molecule has 0 aliphatic carbocycles. The average molecular weight is 248 g/mol. The summed E-state index contributed by atoms with van der Waals surface area (Å²) in [7, 11) is 1.84. The van der Waals surface area contributed by atoms with Crippen molar-refractivity contribution in [2.45, 2.75) is 34.1 Å². The predicted octanol–water partition coefficient (Wildman–Crippen LogP) is 2.56. The summed E-state index contributed by atoms with van der Waals surface area (Å²) in [4.78, 5) is 14.0. The second-order valence-electron chi connectivity index (χ2n) is 5.10. The van der Waals surface area contributed by atoms with Gasteiger partial charge in [0.1, 0.15) is 0 Å². The van der Waals surface area contributed by atoms with Crippen molar-refractivity contribution in [3.63, 3.8) is 0 Å². The second-order valence-corrected chi connectivity index (χ2v) is 5.10. The molecule has 18 heavy (non-hydrogen) atoms. The van der Waals surface area contributed by atoms with Crippen molar-refractivity contribution in [1.82, 2.24) is 0 Å². The molecule has 3 heteroatoms. The van der Waals surface area contributed by atoms with Gasteiger partial charge in [0, 0.05) is 18.7 Å². The monoisotopic (exact) mass is 248 g/mol. The van der Waals surface area contributed by atoms with Gasteiger partial charge in [-0.15, -0.1) is 0 Å². The van der Waals surface area contributed by atoms with Crippen molar-refractivity contribution in [3.05, 3.63) is 28.8 Å². The van der Waals surface area contributed by atoms with E-state index in [1.165, 1.54) is 11.1 Å². The number of hydrogen-bond acceptors (Lipinski definition) is 2. The summed E-state index contributed by atoms with van der Waals surface area (Å²) in [6.45, 7) is 8.68. The number of nitrogens with zero attached hydrogens (tertiary/aromatic N) is 1. The van der Waals surface area contributed by atoms with E-state index >= 15 is 0 Å². The van der Waals surface area contributed by atoms with Gasteiger partial charge >= 0.3 is 0 Å². The maximum Gasteiger partial charge on any atom is 0.229 e. The highest BCUT2D eigenvalue weighted by Crippen LogP contribution is 2.24. The topological polar surface area (TPSA) is 46.3 Å². The maximum atomic E-state index is 12.3. The van der Waals surface area contributed by atoms with E-state index < -0.39 is 0 Å². The van der Waals surface area contributed by atoms with Crippen LogP contribution >= 0.6 is 0 Å². The minimum Gasteiger partial charge on any atom is -0.330 e. The standard InChI is InChI=1S/C15H24N2O/c1-10(6-7-16)15(18)17(5)14-9-12(3)11(2)8-13(14)4/h8-10H,6-7,16H2,1-5H3. The van der Waals surface area contributed by atoms with Gasteiger partial charge in [-0.05, 0) is 56.5 Å². The fraction of sp³-hybridized carbons (Fsp3) is 0.533. The Hall–Kier alpha value is -1.35. The Morgan fingerprint density at radius 3 is 2.33 bits per heavy atom. The summed E-state index contributed by atoms with van der Waals surface area (Å²) in [6, 6.07) is 4.21. The molecule has 1 amide bonds. The third-order valence-electron chi connectivity index (χ3n) is 3.53. The molecule has 1 atom stereocenters. The number of nitrogens with two attached hydrogens (primary N) is 1. The normalized spacial score (nSPS) is 12.3. The summed E-state index contributed by atoms with van der Waals surface area (Å²) in [5.41, 5.74) is 10.1. The Labute approximate surface area is 110 Å². The highest BCUT2D eigenvalue weighted by molar-refractivity contribution is 5.95. The number of carbonyl (C=O) groups is 1. The molecule has 0 aromatic heterocycles. The van der Waals surface area contributed by atoms with Crippen LogP contribution in [0.2, 0.25) is 0 Å². The molecule has 1 aromatic carbocycles. The van der Waals surface area contributed by atoms with E-state index in [9.17, 15) is 4.79 Å². The van der Waals surface area contributed by atoms with E-state index in [1.807, 2.05) is 20.9 Å². The number of benzene rings is 1. The molecule has 0 bridgehead atoms. The first-order valence-electron chi connectivity index (χ1n) is 6.44. The molecule has 0 aliphatic rings. The Bertz CT molecular complexity index is 440. The van der Waals surface area contributed by atoms with Crippen LogP contribution in [-0.2, 0) is 4.79 Å². The molecule has 2 N–H and O–H groups in total. The minimum absolute atomic E-state index is 0.0268. The molecule has 1 rings (SSSR count). The smallest absolute Gasteiger partial charge is 0.229 e. The van der Waals surface area contributed by atoms with Crippen LogP contribution in [0, 0.1) is 26.7 Å². The number of amides is 1. The second kappa shape index (κ2) is 6.01. The van der Waals surface area contributed by atoms with Crippen molar-refractivity contribution in [3.8, 4) is 0 Å². The van der Waals surface area contributed by atoms with Crippen LogP contribution in [-0.4, -0.2) is 19.5 Å². The van der Waals surface area contributed by atoms with Crippen LogP contribution < -0.4 is 10.6 Å². The minimum atomic E-state index is -0.0268. The van der Waals surface area contributed by atoms with Crippen LogP contribution in [0.5, 0.6) is 0 Å². The molecule has 1 unspecified atom stereocenters. The lowest BCUT2D eigenvalue weighted by molar-refractivity contribution is -0.121. The molecule has 3 nitrogen and oxygen atoms in total. The SMILES string of the molecule is Cc1cc(C)c(N(C)C(=O)C(C)CCN)cc1C. The van der Waals surface area contributed by atoms with Crippen LogP contribution in [0.4, 0.5) is 5.69 Å². The zero-order valence-corrected chi connectivity index (χ0v) is 12.1. The quantitative estimate of drug-likeness (QED) is 0.890. The first-order valence-corrected chi connectivity index (χ1v) is 6.44. The molecule has 0 fully saturated rings. The zero-order chi connectivity index (χ0) is 13.9. The third kappa shape index (κ3) is 3.10. The highest BCUT2D eigenvalue weighted by atomic mass is 16.2. The Balaban J connectivity index is 3.00. The molecule has 0 spiro atoms. The Kier molecular flexibility index (Phi) is 4.91. The van der Waals surface area contributed by atoms with Gasteiger partial charge in [-0.1, -0.05) is 13.0 Å². The van der Waals surface area contributed by atoms with Crippen molar-refractivity contribution >= 4 is 11.6 Å². The van der Waals surface area contributed by atoms with Gasteiger partial charge in [-0.3, -0.25) is 4.79 Å². The summed E-state index contributed by atoms with van der Waals surface area (Å²) in [6.07, 6.45) is 0.729. The molecule has 0 saturated heterocycles. The fourth-order valence-corrected chi connectivity index (χ4v) is 2.13. The highest BCUT2D eigenvalue weighted by Gasteiger charge is 2.19. The largest absolute Gasteiger partial charge is 0.330 e. The lowest BCUT2D eigenvalue weighted by Crippen LogP contribution is -2.33. The third-order valence-corrected chi connectivity index (χ3v) is 3.53. The molecule has 0 saturated carbocycles. The van der Waals surface area contributed by atoms with Gasteiger partial charge in [-0.25, -0.2) is 0 Å². The van der Waals surface area contributed by atoms with Crippen LogP contribution in [0.15, 0.2) is 12.1 Å². The van der Waals surface area contributed by atoms with E-state index in [2.05, 4.69) is 26.0 Å². The zero-order valence-electron chi connectivity index (χ0n) is 12.1. The average Bonchev–Trinajstić information content (AvgIpc) is 2.32. The van der Waals surface area contributed by atoms with Crippen molar-refractivity contribution in [2.24, 2.45) is 11.7 Å². The van der Waals surface area contributed by atoms with Crippen molar-refractivity contribution in [2.75, 3.05) is 18.5 Å². The first-order chi connectivity index (χ1) is 8.38. The molecular formula is C15H24N2O. The molecule has 1 aromatic rings. The van der Waals surface area contributed by atoms with E-state index in [0.29, 0.717) is 6.54 Å². The van der Waals surface area contributed by atoms with E-state index in [-0.39, 0.29) is 11.8 Å². The predicted molar refractivity (Wildman–Crippen MR) is 76.9 cm³/mol. The van der Waals surface area contributed by atoms with Gasteiger partial charge in [-0.2, -0.15) is 0 Å². The number of anilines is 1. The van der Waals surface area contributed by atoms with E-state index in [1.54, 1.807) is 4.90 Å². The Morgan fingerprint density at radius 1 is 1.22 bits per heavy atom.